The molecule has 0 saturated carbocycles. The Morgan fingerprint density at radius 3 is 2.15 bits per heavy atom. The van der Waals surface area contributed by atoms with Gasteiger partial charge >= 0.3 is 0 Å². The van der Waals surface area contributed by atoms with E-state index < -0.39 is 0 Å². The summed E-state index contributed by atoms with van der Waals surface area (Å²) in [4.78, 5) is 23.6. The molecule has 0 aromatic heterocycles. The first-order valence-corrected chi connectivity index (χ1v) is 8.72. The fourth-order valence-corrected chi connectivity index (χ4v) is 2.29. The second-order valence-electron chi connectivity index (χ2n) is 7.22. The molecule has 0 bridgehead atoms. The summed E-state index contributed by atoms with van der Waals surface area (Å²) >= 11 is 0. The Morgan fingerprint density at radius 2 is 1.56 bits per heavy atom. The molecule has 0 heterocycles. The van der Waals surface area contributed by atoms with Crippen molar-refractivity contribution < 1.29 is 14.0 Å². The highest BCUT2D eigenvalue weighted by Gasteiger charge is 2.12. The predicted octanol–water partition coefficient (Wildman–Crippen LogP) is 3.99. The van der Waals surface area contributed by atoms with Crippen LogP contribution < -0.4 is 10.7 Å². The van der Waals surface area contributed by atoms with Gasteiger partial charge in [0.25, 0.3) is 0 Å². The van der Waals surface area contributed by atoms with Crippen LogP contribution in [0.15, 0.2) is 53.6 Å². The highest BCUT2D eigenvalue weighted by Crippen LogP contribution is 2.21. The van der Waals surface area contributed by atoms with Gasteiger partial charge in [0.2, 0.25) is 11.8 Å². The third-order valence-corrected chi connectivity index (χ3v) is 3.89. The highest BCUT2D eigenvalue weighted by molar-refractivity contribution is 5.93. The number of nitrogens with zero attached hydrogens (tertiary/aromatic N) is 1. The summed E-state index contributed by atoms with van der Waals surface area (Å²) in [5.74, 6) is -1.05. The zero-order valence-electron chi connectivity index (χ0n) is 15.8. The lowest BCUT2D eigenvalue weighted by atomic mass is 9.87. The fraction of sp³-hybridized carbons (Fsp3) is 0.286. The Labute approximate surface area is 158 Å². The molecule has 0 fully saturated rings. The maximum Gasteiger partial charge on any atom is 0.240 e. The number of hydrogen-bond donors (Lipinski definition) is 2. The summed E-state index contributed by atoms with van der Waals surface area (Å²) in [5, 5.41) is 6.51. The molecular weight excluding hydrogens is 345 g/mol. The van der Waals surface area contributed by atoms with Crippen LogP contribution in [0.5, 0.6) is 0 Å². The summed E-state index contributed by atoms with van der Waals surface area (Å²) in [6.07, 6.45) is 1.58. The van der Waals surface area contributed by atoms with E-state index in [4.69, 9.17) is 0 Å². The normalized spacial score (nSPS) is 11.4. The maximum absolute atomic E-state index is 12.8. The number of nitrogens with one attached hydrogen (secondary N) is 2. The van der Waals surface area contributed by atoms with Crippen molar-refractivity contribution in [3.8, 4) is 0 Å². The number of amides is 2. The smallest absolute Gasteiger partial charge is 0.240 e. The largest absolute Gasteiger partial charge is 0.326 e. The molecule has 6 heteroatoms. The Hall–Kier alpha value is -3.02. The zero-order valence-corrected chi connectivity index (χ0v) is 15.8. The van der Waals surface area contributed by atoms with Crippen LogP contribution in [0, 0.1) is 5.82 Å². The standard InChI is InChI=1S/C21H24FN3O2/c1-21(2,3)16-6-4-15(5-7-16)14-23-25-20(27)13-12-19(26)24-18-10-8-17(22)9-11-18/h4-11,14H,12-13H2,1-3H3,(H,24,26)(H,25,27). The van der Waals surface area contributed by atoms with Crippen molar-refractivity contribution in [2.24, 2.45) is 5.10 Å². The molecule has 0 aliphatic carbocycles. The molecule has 0 radical (unpaired) electrons. The average molecular weight is 369 g/mol. The topological polar surface area (TPSA) is 70.6 Å². The number of halogens is 1. The first kappa shape index (κ1) is 20.3. The molecule has 0 saturated heterocycles. The van der Waals surface area contributed by atoms with Gasteiger partial charge in [-0.25, -0.2) is 9.82 Å². The van der Waals surface area contributed by atoms with Crippen LogP contribution in [-0.2, 0) is 15.0 Å². The van der Waals surface area contributed by atoms with Crippen molar-refractivity contribution >= 4 is 23.7 Å². The summed E-state index contributed by atoms with van der Waals surface area (Å²) in [6.45, 7) is 6.42. The van der Waals surface area contributed by atoms with Crippen LogP contribution in [0.4, 0.5) is 10.1 Å². The van der Waals surface area contributed by atoms with E-state index >= 15 is 0 Å². The van der Waals surface area contributed by atoms with E-state index in [2.05, 4.69) is 36.6 Å². The van der Waals surface area contributed by atoms with Crippen LogP contribution in [0.2, 0.25) is 0 Å². The molecule has 0 aliphatic heterocycles. The average Bonchev–Trinajstić information content (AvgIpc) is 2.62. The summed E-state index contributed by atoms with van der Waals surface area (Å²) in [6, 6.07) is 13.4. The molecule has 0 spiro atoms. The minimum Gasteiger partial charge on any atom is -0.326 e. The van der Waals surface area contributed by atoms with Crippen molar-refractivity contribution in [3.05, 3.63) is 65.5 Å². The summed E-state index contributed by atoms with van der Waals surface area (Å²) < 4.78 is 12.8. The molecule has 2 N–H and O–H groups in total. The van der Waals surface area contributed by atoms with E-state index in [1.54, 1.807) is 6.21 Å². The van der Waals surface area contributed by atoms with Gasteiger partial charge < -0.3 is 5.32 Å². The first-order valence-electron chi connectivity index (χ1n) is 8.72. The lowest BCUT2D eigenvalue weighted by molar-refractivity contribution is -0.124. The number of rotatable bonds is 6. The monoisotopic (exact) mass is 369 g/mol. The van der Waals surface area contributed by atoms with Gasteiger partial charge in [0.1, 0.15) is 5.82 Å². The minimum atomic E-state index is -0.377. The van der Waals surface area contributed by atoms with Gasteiger partial charge in [-0.1, -0.05) is 45.0 Å². The van der Waals surface area contributed by atoms with E-state index in [1.807, 2.05) is 24.3 Å². The Kier molecular flexibility index (Phi) is 6.82. The molecule has 2 aromatic rings. The van der Waals surface area contributed by atoms with Crippen molar-refractivity contribution in [2.75, 3.05) is 5.32 Å². The van der Waals surface area contributed by atoms with E-state index in [0.717, 1.165) is 5.56 Å². The van der Waals surface area contributed by atoms with Gasteiger partial charge in [0, 0.05) is 18.5 Å². The van der Waals surface area contributed by atoms with Gasteiger partial charge in [0.15, 0.2) is 0 Å². The Balaban J connectivity index is 1.74. The lowest BCUT2D eigenvalue weighted by Gasteiger charge is -2.18. The number of hydrazone groups is 1. The minimum absolute atomic E-state index is 0.00727. The quantitative estimate of drug-likeness (QED) is 0.597. The van der Waals surface area contributed by atoms with Gasteiger partial charge in [-0.15, -0.1) is 0 Å². The molecule has 2 aromatic carbocycles. The van der Waals surface area contributed by atoms with Crippen molar-refractivity contribution in [1.29, 1.82) is 0 Å². The molecule has 2 rings (SSSR count). The van der Waals surface area contributed by atoms with Crippen molar-refractivity contribution in [3.63, 3.8) is 0 Å². The zero-order chi connectivity index (χ0) is 19.9. The van der Waals surface area contributed by atoms with E-state index in [9.17, 15) is 14.0 Å². The summed E-state index contributed by atoms with van der Waals surface area (Å²) in [5.41, 5.74) is 5.06. The van der Waals surface area contributed by atoms with Gasteiger partial charge in [-0.05, 0) is 40.8 Å². The molecule has 27 heavy (non-hydrogen) atoms. The predicted molar refractivity (Wildman–Crippen MR) is 105 cm³/mol. The Morgan fingerprint density at radius 1 is 0.963 bits per heavy atom. The molecule has 2 amide bonds. The number of carbonyl (C=O) groups is 2. The third-order valence-electron chi connectivity index (χ3n) is 3.89. The number of hydrogen-bond acceptors (Lipinski definition) is 3. The van der Waals surface area contributed by atoms with Crippen LogP contribution >= 0.6 is 0 Å². The second kappa shape index (κ2) is 9.07. The van der Waals surface area contributed by atoms with Crippen LogP contribution in [0.3, 0.4) is 0 Å². The van der Waals surface area contributed by atoms with Crippen molar-refractivity contribution in [2.45, 2.75) is 39.0 Å². The van der Waals surface area contributed by atoms with Gasteiger partial charge in [-0.2, -0.15) is 5.10 Å². The second-order valence-corrected chi connectivity index (χ2v) is 7.22. The van der Waals surface area contributed by atoms with Crippen LogP contribution in [0.1, 0.15) is 44.7 Å². The maximum atomic E-state index is 12.8. The van der Waals surface area contributed by atoms with E-state index in [-0.39, 0.29) is 35.9 Å². The van der Waals surface area contributed by atoms with E-state index in [0.29, 0.717) is 5.69 Å². The van der Waals surface area contributed by atoms with Gasteiger partial charge in [0.05, 0.1) is 6.21 Å². The third kappa shape index (κ3) is 7.01. The number of carbonyl (C=O) groups excluding carboxylic acids is 2. The van der Waals surface area contributed by atoms with E-state index in [1.165, 1.54) is 29.8 Å². The van der Waals surface area contributed by atoms with Crippen LogP contribution in [-0.4, -0.2) is 18.0 Å². The number of anilines is 1. The highest BCUT2D eigenvalue weighted by atomic mass is 19.1. The fourth-order valence-electron chi connectivity index (χ4n) is 2.29. The first-order chi connectivity index (χ1) is 12.7. The van der Waals surface area contributed by atoms with Gasteiger partial charge in [-0.3, -0.25) is 9.59 Å². The molecule has 142 valence electrons. The van der Waals surface area contributed by atoms with Crippen molar-refractivity contribution in [1.82, 2.24) is 5.43 Å². The molecule has 0 unspecified atom stereocenters. The van der Waals surface area contributed by atoms with Crippen LogP contribution in [0.25, 0.3) is 0 Å². The molecule has 0 aliphatic rings. The summed E-state index contributed by atoms with van der Waals surface area (Å²) in [7, 11) is 0. The lowest BCUT2D eigenvalue weighted by Crippen LogP contribution is -2.20. The molecule has 5 nitrogen and oxygen atoms in total. The molecular formula is C21H24FN3O2. The Bertz CT molecular complexity index is 807. The molecule has 0 atom stereocenters. The number of benzene rings is 2. The SMILES string of the molecule is CC(C)(C)c1ccc(C=NNC(=O)CCC(=O)Nc2ccc(F)cc2)cc1.